The summed E-state index contributed by atoms with van der Waals surface area (Å²) in [6.07, 6.45) is 4.94. The number of fused-ring (bicyclic) bond motifs is 1. The maximum absolute atomic E-state index is 11.8. The van der Waals surface area contributed by atoms with Gasteiger partial charge in [0.05, 0.1) is 0 Å². The summed E-state index contributed by atoms with van der Waals surface area (Å²) in [5, 5.41) is 14.4. The van der Waals surface area contributed by atoms with Gasteiger partial charge in [-0.3, -0.25) is 4.90 Å². The van der Waals surface area contributed by atoms with Crippen LogP contribution in [0.3, 0.4) is 0 Å². The molecule has 0 radical (unpaired) electrons. The summed E-state index contributed by atoms with van der Waals surface area (Å²) in [6.45, 7) is 3.90. The van der Waals surface area contributed by atoms with Crippen LogP contribution in [-0.4, -0.2) is 53.2 Å². The summed E-state index contributed by atoms with van der Waals surface area (Å²) in [6, 6.07) is -0.563. The van der Waals surface area contributed by atoms with E-state index in [2.05, 4.69) is 15.5 Å². The maximum atomic E-state index is 11.8. The summed E-state index contributed by atoms with van der Waals surface area (Å²) in [5.74, 6) is -0.983. The number of piperidine rings is 1. The van der Waals surface area contributed by atoms with E-state index in [0.29, 0.717) is 12.5 Å². The Morgan fingerprint density at radius 1 is 1.32 bits per heavy atom. The van der Waals surface area contributed by atoms with Crippen LogP contribution in [0.25, 0.3) is 0 Å². The Kier molecular flexibility index (Phi) is 4.63. The van der Waals surface area contributed by atoms with Gasteiger partial charge in [-0.15, -0.1) is 0 Å². The number of rotatable bonds is 4. The van der Waals surface area contributed by atoms with Crippen LogP contribution in [0.5, 0.6) is 0 Å². The highest BCUT2D eigenvalue weighted by Gasteiger charge is 2.36. The minimum atomic E-state index is -0.983. The fourth-order valence-corrected chi connectivity index (χ4v) is 3.12. The Labute approximate surface area is 113 Å². The molecule has 0 aromatic rings. The Hall–Kier alpha value is -1.30. The first-order valence-corrected chi connectivity index (χ1v) is 7.15. The van der Waals surface area contributed by atoms with Crippen LogP contribution in [0.1, 0.15) is 39.0 Å². The largest absolute Gasteiger partial charge is 0.480 e. The average molecular weight is 269 g/mol. The van der Waals surface area contributed by atoms with E-state index in [1.54, 1.807) is 6.92 Å². The Morgan fingerprint density at radius 2 is 2.11 bits per heavy atom. The van der Waals surface area contributed by atoms with E-state index >= 15 is 0 Å². The number of aliphatic carboxylic acids is 1. The van der Waals surface area contributed by atoms with E-state index in [1.807, 2.05) is 0 Å². The van der Waals surface area contributed by atoms with Crippen LogP contribution in [0.15, 0.2) is 0 Å². The summed E-state index contributed by atoms with van der Waals surface area (Å²) in [7, 11) is 0. The molecule has 0 aromatic heterocycles. The standard InChI is InChI=1S/C13H23N3O3/c1-2-9(12(17)18)14-13(19)15-10-6-8-16-7-4-3-5-11(10)16/h9-11H,2-8H2,1H3,(H,17,18)(H2,14,15,19)/t9-,10?,11?/m1/s1. The molecule has 0 aliphatic carbocycles. The molecule has 2 aliphatic heterocycles. The molecule has 3 atom stereocenters. The molecule has 0 spiro atoms. The lowest BCUT2D eigenvalue weighted by Crippen LogP contribution is -2.52. The lowest BCUT2D eigenvalue weighted by molar-refractivity contribution is -0.139. The van der Waals surface area contributed by atoms with Crippen LogP contribution in [0.4, 0.5) is 4.79 Å². The summed E-state index contributed by atoms with van der Waals surface area (Å²) in [4.78, 5) is 25.2. The third-order valence-electron chi connectivity index (χ3n) is 4.18. The molecule has 3 N–H and O–H groups in total. The van der Waals surface area contributed by atoms with Gasteiger partial charge in [0.2, 0.25) is 0 Å². The second-order valence-corrected chi connectivity index (χ2v) is 5.41. The van der Waals surface area contributed by atoms with Gasteiger partial charge in [-0.2, -0.15) is 0 Å². The predicted molar refractivity (Wildman–Crippen MR) is 71.0 cm³/mol. The van der Waals surface area contributed by atoms with Crippen molar-refractivity contribution < 1.29 is 14.7 Å². The van der Waals surface area contributed by atoms with Crippen molar-refractivity contribution in [2.75, 3.05) is 13.1 Å². The second kappa shape index (κ2) is 6.23. The van der Waals surface area contributed by atoms with E-state index < -0.39 is 12.0 Å². The van der Waals surface area contributed by atoms with Gasteiger partial charge < -0.3 is 15.7 Å². The Bertz CT molecular complexity index is 348. The third-order valence-corrected chi connectivity index (χ3v) is 4.18. The molecule has 2 aliphatic rings. The summed E-state index contributed by atoms with van der Waals surface area (Å²) < 4.78 is 0. The van der Waals surface area contributed by atoms with Crippen LogP contribution in [-0.2, 0) is 4.79 Å². The fourth-order valence-electron chi connectivity index (χ4n) is 3.12. The van der Waals surface area contributed by atoms with Crippen molar-refractivity contribution >= 4 is 12.0 Å². The second-order valence-electron chi connectivity index (χ2n) is 5.41. The zero-order valence-corrected chi connectivity index (χ0v) is 11.4. The van der Waals surface area contributed by atoms with Crippen molar-refractivity contribution in [3.63, 3.8) is 0 Å². The first kappa shape index (κ1) is 14.1. The molecule has 2 rings (SSSR count). The number of carboxylic acids is 1. The lowest BCUT2D eigenvalue weighted by atomic mass is 9.99. The van der Waals surface area contributed by atoms with Crippen molar-refractivity contribution in [3.05, 3.63) is 0 Å². The zero-order chi connectivity index (χ0) is 13.8. The van der Waals surface area contributed by atoms with Crippen LogP contribution >= 0.6 is 0 Å². The predicted octanol–water partition coefficient (Wildman–Crippen LogP) is 0.776. The number of carbonyl (C=O) groups excluding carboxylic acids is 1. The molecule has 2 unspecified atom stereocenters. The van der Waals surface area contributed by atoms with E-state index in [0.717, 1.165) is 25.9 Å². The number of carboxylic acid groups (broad SMARTS) is 1. The van der Waals surface area contributed by atoms with Gasteiger partial charge in [-0.1, -0.05) is 13.3 Å². The molecular formula is C13H23N3O3. The third kappa shape index (κ3) is 3.37. The highest BCUT2D eigenvalue weighted by Crippen LogP contribution is 2.26. The van der Waals surface area contributed by atoms with E-state index in [-0.39, 0.29) is 12.1 Å². The Morgan fingerprint density at radius 3 is 2.79 bits per heavy atom. The Balaban J connectivity index is 1.83. The first-order chi connectivity index (χ1) is 9.11. The number of hydrogen-bond acceptors (Lipinski definition) is 3. The highest BCUT2D eigenvalue weighted by molar-refractivity contribution is 5.82. The van der Waals surface area contributed by atoms with Gasteiger partial charge in [0.25, 0.3) is 0 Å². The first-order valence-electron chi connectivity index (χ1n) is 7.15. The monoisotopic (exact) mass is 269 g/mol. The minimum absolute atomic E-state index is 0.159. The molecule has 6 heteroatoms. The average Bonchev–Trinajstić information content (AvgIpc) is 2.79. The van der Waals surface area contributed by atoms with E-state index in [9.17, 15) is 9.59 Å². The quantitative estimate of drug-likeness (QED) is 0.704. The van der Waals surface area contributed by atoms with Gasteiger partial charge >= 0.3 is 12.0 Å². The van der Waals surface area contributed by atoms with E-state index in [1.165, 1.54) is 12.8 Å². The number of amides is 2. The van der Waals surface area contributed by atoms with Crippen LogP contribution in [0.2, 0.25) is 0 Å². The molecule has 19 heavy (non-hydrogen) atoms. The lowest BCUT2D eigenvalue weighted by Gasteiger charge is -2.32. The fraction of sp³-hybridized carbons (Fsp3) is 0.846. The molecular weight excluding hydrogens is 246 g/mol. The van der Waals surface area contributed by atoms with Crippen molar-refractivity contribution in [2.45, 2.75) is 57.2 Å². The summed E-state index contributed by atoms with van der Waals surface area (Å²) in [5.41, 5.74) is 0. The number of nitrogens with zero attached hydrogens (tertiary/aromatic N) is 1. The molecule has 108 valence electrons. The van der Waals surface area contributed by atoms with Crippen molar-refractivity contribution in [2.24, 2.45) is 0 Å². The van der Waals surface area contributed by atoms with Crippen LogP contribution < -0.4 is 10.6 Å². The molecule has 0 bridgehead atoms. The van der Waals surface area contributed by atoms with Gasteiger partial charge in [0, 0.05) is 18.6 Å². The van der Waals surface area contributed by atoms with Gasteiger partial charge in [-0.05, 0) is 32.2 Å². The number of hydrogen-bond donors (Lipinski definition) is 3. The molecule has 0 saturated carbocycles. The smallest absolute Gasteiger partial charge is 0.326 e. The molecule has 2 saturated heterocycles. The highest BCUT2D eigenvalue weighted by atomic mass is 16.4. The van der Waals surface area contributed by atoms with Gasteiger partial charge in [-0.25, -0.2) is 9.59 Å². The number of urea groups is 1. The van der Waals surface area contributed by atoms with E-state index in [4.69, 9.17) is 5.11 Å². The molecule has 0 aromatic carbocycles. The van der Waals surface area contributed by atoms with Crippen molar-refractivity contribution in [1.82, 2.24) is 15.5 Å². The SMILES string of the molecule is CC[C@@H](NC(=O)NC1CCN2CCCCC12)C(=O)O. The molecule has 2 heterocycles. The molecule has 2 amide bonds. The normalized spacial score (nSPS) is 28.5. The van der Waals surface area contributed by atoms with Gasteiger partial charge in [0.15, 0.2) is 0 Å². The van der Waals surface area contributed by atoms with Crippen molar-refractivity contribution in [3.8, 4) is 0 Å². The van der Waals surface area contributed by atoms with Crippen LogP contribution in [0, 0.1) is 0 Å². The number of carbonyl (C=O) groups is 2. The molecule has 2 fully saturated rings. The topological polar surface area (TPSA) is 81.7 Å². The minimum Gasteiger partial charge on any atom is -0.480 e. The summed E-state index contributed by atoms with van der Waals surface area (Å²) >= 11 is 0. The van der Waals surface area contributed by atoms with Gasteiger partial charge in [0.1, 0.15) is 6.04 Å². The number of nitrogens with one attached hydrogen (secondary N) is 2. The molecule has 6 nitrogen and oxygen atoms in total. The zero-order valence-electron chi connectivity index (χ0n) is 11.4. The maximum Gasteiger partial charge on any atom is 0.326 e. The van der Waals surface area contributed by atoms with Crippen molar-refractivity contribution in [1.29, 1.82) is 0 Å².